The number of fused-ring (bicyclic) bond motifs is 2. The molecule has 0 bridgehead atoms. The summed E-state index contributed by atoms with van der Waals surface area (Å²) >= 11 is 21.7. The van der Waals surface area contributed by atoms with Crippen molar-refractivity contribution in [3.05, 3.63) is 164 Å². The van der Waals surface area contributed by atoms with Crippen LogP contribution in [0.4, 0.5) is 0 Å². The molecule has 0 aliphatic rings. The van der Waals surface area contributed by atoms with E-state index in [2.05, 4.69) is 68.2 Å². The Bertz CT molecular complexity index is 2650. The zero-order valence-electron chi connectivity index (χ0n) is 30.7. The van der Waals surface area contributed by atoms with E-state index in [0.29, 0.717) is 39.3 Å². The number of aromatic nitrogens is 6. The zero-order valence-corrected chi connectivity index (χ0v) is 36.9. The first-order chi connectivity index (χ1) is 28.4. The number of aliphatic carboxylic acids is 1. The Morgan fingerprint density at radius 3 is 1.54 bits per heavy atom. The molecule has 0 fully saturated rings. The van der Waals surface area contributed by atoms with Crippen molar-refractivity contribution in [3.63, 3.8) is 0 Å². The smallest absolute Gasteiger partial charge is 0.349 e. The fraction of sp³-hybridized carbons (Fsp3) is 0.136. The van der Waals surface area contributed by atoms with Gasteiger partial charge in [-0.15, -0.1) is 30.0 Å². The molecule has 0 aliphatic heterocycles. The lowest BCUT2D eigenvalue weighted by Crippen LogP contribution is -2.19. The highest BCUT2D eigenvalue weighted by atomic mass is 79.9. The SMILES string of the molecule is C.C.CCOC(=O)C(Br)c1ccc(Cl)cc1.O=C(O)C(Oc1ccc(Br)cc1-n1nc2ccccc2n1)c1ccc(Cl)cc1.Oc1ccc(Br)cc1-n1nc2ccccc2n1. The standard InChI is InChI=1S/C20H13BrClN3O3.C12H8BrN3O.C10H10BrClO2.2CH4/c21-13-7-10-18(28-19(20(26)27)12-5-8-14(22)9-6-12)17(11-13)25-23-15-3-1-2-4-16(15)24-25;13-8-5-6-12(17)11(7-8)16-14-9-3-1-2-4-10(9)15-16;1-2-14-10(13)9(11)7-3-5-8(12)6-4-7;;/h1-11,19H,(H,26,27);1-7,17H;3-6,9H,2H2,1H3;2*1H4. The molecule has 0 amide bonds. The van der Waals surface area contributed by atoms with Crippen LogP contribution in [0.25, 0.3) is 33.4 Å². The Morgan fingerprint density at radius 1 is 0.656 bits per heavy atom. The summed E-state index contributed by atoms with van der Waals surface area (Å²) in [7, 11) is 0. The lowest BCUT2D eigenvalue weighted by molar-refractivity contribution is -0.145. The maximum Gasteiger partial charge on any atom is 0.349 e. The van der Waals surface area contributed by atoms with Crippen LogP contribution in [-0.2, 0) is 14.3 Å². The van der Waals surface area contributed by atoms with Gasteiger partial charge in [-0.25, -0.2) is 4.79 Å². The normalized spacial score (nSPS) is 11.4. The van der Waals surface area contributed by atoms with E-state index < -0.39 is 16.9 Å². The second-order valence-corrected chi connectivity index (χ2v) is 15.9. The van der Waals surface area contributed by atoms with Crippen LogP contribution < -0.4 is 4.74 Å². The van der Waals surface area contributed by atoms with Gasteiger partial charge in [0.1, 0.15) is 49.8 Å². The number of esters is 1. The number of alkyl halides is 1. The van der Waals surface area contributed by atoms with E-state index in [9.17, 15) is 19.8 Å². The fourth-order valence-corrected chi connectivity index (χ4v) is 6.73. The summed E-state index contributed by atoms with van der Waals surface area (Å²) in [6, 6.07) is 39.0. The van der Waals surface area contributed by atoms with Crippen molar-refractivity contribution in [2.45, 2.75) is 32.7 Å². The third kappa shape index (κ3) is 12.6. The number of carbonyl (C=O) groups is 2. The number of carboxylic acids is 1. The molecule has 2 heterocycles. The molecule has 0 radical (unpaired) electrons. The predicted octanol–water partition coefficient (Wildman–Crippen LogP) is 12.5. The maximum atomic E-state index is 11.8. The van der Waals surface area contributed by atoms with Gasteiger partial charge in [0.15, 0.2) is 0 Å². The number of aromatic hydroxyl groups is 1. The number of phenols is 1. The first kappa shape index (κ1) is 48.3. The quantitative estimate of drug-likeness (QED) is 0.105. The third-order valence-electron chi connectivity index (χ3n) is 8.16. The number of carbonyl (C=O) groups excluding carboxylic acids is 1. The Morgan fingerprint density at radius 2 is 1.08 bits per heavy atom. The van der Waals surface area contributed by atoms with Gasteiger partial charge >= 0.3 is 11.9 Å². The van der Waals surface area contributed by atoms with Gasteiger partial charge in [-0.1, -0.05) is 134 Å². The predicted molar refractivity (Wildman–Crippen MR) is 250 cm³/mol. The Kier molecular flexibility index (Phi) is 17.8. The zero-order chi connectivity index (χ0) is 42.1. The summed E-state index contributed by atoms with van der Waals surface area (Å²) in [6.45, 7) is 2.16. The molecule has 316 valence electrons. The van der Waals surface area contributed by atoms with Crippen molar-refractivity contribution in [3.8, 4) is 22.9 Å². The van der Waals surface area contributed by atoms with Crippen LogP contribution in [0.5, 0.6) is 11.5 Å². The molecule has 0 spiro atoms. The molecule has 12 nitrogen and oxygen atoms in total. The molecule has 6 aromatic carbocycles. The maximum absolute atomic E-state index is 11.8. The van der Waals surface area contributed by atoms with E-state index in [4.69, 9.17) is 32.7 Å². The molecule has 8 aromatic rings. The lowest BCUT2D eigenvalue weighted by Gasteiger charge is -2.18. The van der Waals surface area contributed by atoms with Crippen LogP contribution in [0.15, 0.2) is 142 Å². The van der Waals surface area contributed by atoms with Gasteiger partial charge in [0.25, 0.3) is 0 Å². The molecule has 8 rings (SSSR count). The molecule has 0 saturated carbocycles. The average Bonchev–Trinajstić information content (AvgIpc) is 3.87. The molecular weight excluding hydrogens is 1020 g/mol. The van der Waals surface area contributed by atoms with Gasteiger partial charge in [-0.05, 0) is 97.4 Å². The van der Waals surface area contributed by atoms with E-state index >= 15 is 0 Å². The number of carboxylic acid groups (broad SMARTS) is 1. The number of halogens is 5. The largest absolute Gasteiger partial charge is 0.506 e. The molecule has 0 aliphatic carbocycles. The van der Waals surface area contributed by atoms with Gasteiger partial charge in [0.2, 0.25) is 6.10 Å². The van der Waals surface area contributed by atoms with Crippen molar-refractivity contribution in [2.24, 2.45) is 0 Å². The van der Waals surface area contributed by atoms with E-state index in [1.54, 1.807) is 91.9 Å². The second kappa shape index (κ2) is 22.5. The summed E-state index contributed by atoms with van der Waals surface area (Å²) in [5.41, 5.74) is 5.43. The summed E-state index contributed by atoms with van der Waals surface area (Å²) in [5.74, 6) is -0.913. The molecule has 17 heteroatoms. The lowest BCUT2D eigenvalue weighted by atomic mass is 10.1. The van der Waals surface area contributed by atoms with Crippen LogP contribution in [0, 0.1) is 0 Å². The fourth-order valence-electron chi connectivity index (χ4n) is 5.35. The summed E-state index contributed by atoms with van der Waals surface area (Å²) in [5, 5.41) is 38.2. The molecule has 2 aromatic heterocycles. The molecular formula is C44H39Br3Cl2N6O6. The Labute approximate surface area is 387 Å². The number of phenolic OH excluding ortho intramolecular Hbond substituents is 1. The number of rotatable bonds is 9. The van der Waals surface area contributed by atoms with E-state index in [-0.39, 0.29) is 26.6 Å². The van der Waals surface area contributed by atoms with Crippen molar-refractivity contribution in [1.82, 2.24) is 30.0 Å². The topological polar surface area (TPSA) is 154 Å². The summed E-state index contributed by atoms with van der Waals surface area (Å²) in [4.78, 5) is 25.6. The van der Waals surface area contributed by atoms with Crippen molar-refractivity contribution < 1.29 is 29.3 Å². The van der Waals surface area contributed by atoms with E-state index in [1.807, 2.05) is 48.5 Å². The first-order valence-corrected chi connectivity index (χ1v) is 20.8. The van der Waals surface area contributed by atoms with Gasteiger partial charge in [-0.2, -0.15) is 0 Å². The van der Waals surface area contributed by atoms with Crippen LogP contribution in [0.3, 0.4) is 0 Å². The monoisotopic (exact) mass is 1050 g/mol. The average molecular weight is 1060 g/mol. The second-order valence-electron chi connectivity index (χ2n) is 12.3. The molecule has 2 unspecified atom stereocenters. The molecule has 61 heavy (non-hydrogen) atoms. The minimum atomic E-state index is -1.21. The van der Waals surface area contributed by atoms with Crippen molar-refractivity contribution in [1.29, 1.82) is 0 Å². The van der Waals surface area contributed by atoms with Crippen molar-refractivity contribution in [2.75, 3.05) is 6.61 Å². The summed E-state index contributed by atoms with van der Waals surface area (Å²) in [6.07, 6.45) is -1.21. The van der Waals surface area contributed by atoms with Crippen LogP contribution in [0.2, 0.25) is 10.0 Å². The number of hydrogen-bond acceptors (Lipinski definition) is 9. The molecule has 2 atom stereocenters. The number of nitrogens with zero attached hydrogens (tertiary/aromatic N) is 6. The van der Waals surface area contributed by atoms with Gasteiger partial charge in [0, 0.05) is 24.6 Å². The van der Waals surface area contributed by atoms with E-state index in [0.717, 1.165) is 36.6 Å². The highest BCUT2D eigenvalue weighted by Gasteiger charge is 2.24. The Balaban J connectivity index is 0.000000214. The molecule has 2 N–H and O–H groups in total. The van der Waals surface area contributed by atoms with Crippen LogP contribution in [-0.4, -0.2) is 58.7 Å². The minimum absolute atomic E-state index is 0. The van der Waals surface area contributed by atoms with Gasteiger partial charge < -0.3 is 19.7 Å². The highest BCUT2D eigenvalue weighted by molar-refractivity contribution is 9.10. The van der Waals surface area contributed by atoms with Crippen LogP contribution >= 0.6 is 71.0 Å². The van der Waals surface area contributed by atoms with Gasteiger partial charge in [0.05, 0.1) is 6.61 Å². The first-order valence-electron chi connectivity index (χ1n) is 17.5. The number of hydrogen-bond donors (Lipinski definition) is 2. The number of benzene rings is 6. The third-order valence-corrected chi connectivity index (χ3v) is 10.6. The summed E-state index contributed by atoms with van der Waals surface area (Å²) < 4.78 is 12.4. The van der Waals surface area contributed by atoms with Crippen LogP contribution in [0.1, 0.15) is 43.8 Å². The number of ether oxygens (including phenoxy) is 2. The van der Waals surface area contributed by atoms with Crippen molar-refractivity contribution >= 4 is 105 Å². The highest BCUT2D eigenvalue weighted by Crippen LogP contribution is 2.32. The Hall–Kier alpha value is -5.32. The van der Waals surface area contributed by atoms with Gasteiger partial charge in [-0.3, -0.25) is 4.79 Å². The van der Waals surface area contributed by atoms with E-state index in [1.165, 1.54) is 9.59 Å². The molecule has 0 saturated heterocycles. The minimum Gasteiger partial charge on any atom is -0.506 e.